The molecule has 0 aliphatic heterocycles. The van der Waals surface area contributed by atoms with Crippen molar-refractivity contribution in [2.75, 3.05) is 0 Å². The topological polar surface area (TPSA) is 35.0 Å². The van der Waals surface area contributed by atoms with E-state index in [0.29, 0.717) is 21.1 Å². The maximum Gasteiger partial charge on any atom is 0.238 e. The molecule has 2 aromatic rings. The van der Waals surface area contributed by atoms with Crippen LogP contribution in [0.3, 0.4) is 0 Å². The zero-order chi connectivity index (χ0) is 12.4. The van der Waals surface area contributed by atoms with Gasteiger partial charge in [-0.25, -0.2) is 4.98 Å². The molecular formula is C11H7BrCl2N2O. The van der Waals surface area contributed by atoms with Crippen molar-refractivity contribution in [3.63, 3.8) is 0 Å². The van der Waals surface area contributed by atoms with Crippen molar-refractivity contribution in [3.05, 3.63) is 44.7 Å². The number of benzene rings is 1. The van der Waals surface area contributed by atoms with E-state index in [1.54, 1.807) is 6.07 Å². The Morgan fingerprint density at radius 3 is 2.82 bits per heavy atom. The van der Waals surface area contributed by atoms with Crippen LogP contribution in [0.5, 0.6) is 11.6 Å². The SMILES string of the molecule is Cc1ccc(Cl)c(Oc2nc(Cl)ncc2Br)c1. The van der Waals surface area contributed by atoms with Gasteiger partial charge in [0.2, 0.25) is 11.2 Å². The van der Waals surface area contributed by atoms with Crippen LogP contribution in [0, 0.1) is 6.92 Å². The van der Waals surface area contributed by atoms with Crippen LogP contribution in [0.4, 0.5) is 0 Å². The highest BCUT2D eigenvalue weighted by molar-refractivity contribution is 9.10. The van der Waals surface area contributed by atoms with E-state index in [9.17, 15) is 0 Å². The van der Waals surface area contributed by atoms with Crippen LogP contribution in [0.25, 0.3) is 0 Å². The molecule has 0 radical (unpaired) electrons. The number of nitrogens with zero attached hydrogens (tertiary/aromatic N) is 2. The van der Waals surface area contributed by atoms with Gasteiger partial charge in [-0.15, -0.1) is 0 Å². The summed E-state index contributed by atoms with van der Waals surface area (Å²) in [5.41, 5.74) is 1.04. The number of hydrogen-bond acceptors (Lipinski definition) is 3. The molecule has 0 unspecified atom stereocenters. The Bertz CT molecular complexity index is 514. The van der Waals surface area contributed by atoms with Gasteiger partial charge in [-0.3, -0.25) is 0 Å². The maximum absolute atomic E-state index is 6.02. The van der Waals surface area contributed by atoms with Crippen LogP contribution in [0.15, 0.2) is 28.9 Å². The van der Waals surface area contributed by atoms with Crippen molar-refractivity contribution in [2.24, 2.45) is 0 Å². The number of aromatic nitrogens is 2. The summed E-state index contributed by atoms with van der Waals surface area (Å²) in [7, 11) is 0. The van der Waals surface area contributed by atoms with Gasteiger partial charge in [-0.05, 0) is 52.2 Å². The summed E-state index contributed by atoms with van der Waals surface area (Å²) in [6, 6.07) is 5.49. The molecule has 0 bridgehead atoms. The third-order valence-corrected chi connectivity index (χ3v) is 3.01. The Hall–Kier alpha value is -0.840. The second-order valence-corrected chi connectivity index (χ2v) is 4.93. The number of halogens is 3. The van der Waals surface area contributed by atoms with E-state index in [-0.39, 0.29) is 5.28 Å². The minimum absolute atomic E-state index is 0.118. The number of aryl methyl sites for hydroxylation is 1. The van der Waals surface area contributed by atoms with Gasteiger partial charge in [0.25, 0.3) is 0 Å². The van der Waals surface area contributed by atoms with Gasteiger partial charge >= 0.3 is 0 Å². The number of hydrogen-bond donors (Lipinski definition) is 0. The molecule has 0 fully saturated rings. The quantitative estimate of drug-likeness (QED) is 0.750. The smallest absolute Gasteiger partial charge is 0.238 e. The van der Waals surface area contributed by atoms with Crippen molar-refractivity contribution in [2.45, 2.75) is 6.92 Å². The molecule has 0 saturated carbocycles. The van der Waals surface area contributed by atoms with Gasteiger partial charge in [-0.1, -0.05) is 17.7 Å². The van der Waals surface area contributed by atoms with E-state index in [2.05, 4.69) is 25.9 Å². The summed E-state index contributed by atoms with van der Waals surface area (Å²) >= 11 is 15.0. The first-order valence-electron chi connectivity index (χ1n) is 4.68. The van der Waals surface area contributed by atoms with E-state index < -0.39 is 0 Å². The lowest BCUT2D eigenvalue weighted by molar-refractivity contribution is 0.458. The van der Waals surface area contributed by atoms with Gasteiger partial charge < -0.3 is 4.74 Å². The van der Waals surface area contributed by atoms with Gasteiger partial charge in [0.15, 0.2) is 0 Å². The van der Waals surface area contributed by atoms with Crippen LogP contribution in [-0.4, -0.2) is 9.97 Å². The van der Waals surface area contributed by atoms with Gasteiger partial charge in [0.1, 0.15) is 5.75 Å². The molecule has 2 rings (SSSR count). The Labute approximate surface area is 117 Å². The van der Waals surface area contributed by atoms with Crippen LogP contribution < -0.4 is 4.74 Å². The van der Waals surface area contributed by atoms with Crippen LogP contribution in [0.1, 0.15) is 5.56 Å². The predicted octanol–water partition coefficient (Wildman–Crippen LogP) is 4.65. The van der Waals surface area contributed by atoms with Gasteiger partial charge in [0.05, 0.1) is 9.50 Å². The molecule has 6 heteroatoms. The first-order valence-corrected chi connectivity index (χ1v) is 6.23. The van der Waals surface area contributed by atoms with Crippen molar-refractivity contribution < 1.29 is 4.74 Å². The van der Waals surface area contributed by atoms with E-state index in [1.807, 2.05) is 19.1 Å². The molecule has 88 valence electrons. The molecule has 0 aliphatic rings. The lowest BCUT2D eigenvalue weighted by Gasteiger charge is -2.08. The average Bonchev–Trinajstić information content (AvgIpc) is 2.28. The van der Waals surface area contributed by atoms with Crippen LogP contribution in [0.2, 0.25) is 10.3 Å². The highest BCUT2D eigenvalue weighted by Crippen LogP contribution is 2.32. The molecule has 0 saturated heterocycles. The fraction of sp³-hybridized carbons (Fsp3) is 0.0909. The molecular weight excluding hydrogens is 327 g/mol. The lowest BCUT2D eigenvalue weighted by atomic mass is 10.2. The Morgan fingerprint density at radius 2 is 2.06 bits per heavy atom. The Balaban J connectivity index is 2.37. The molecule has 1 aromatic heterocycles. The molecule has 0 spiro atoms. The summed E-state index contributed by atoms with van der Waals surface area (Å²) < 4.78 is 6.20. The Morgan fingerprint density at radius 1 is 1.29 bits per heavy atom. The summed E-state index contributed by atoms with van der Waals surface area (Å²) in [5.74, 6) is 0.861. The van der Waals surface area contributed by atoms with Crippen molar-refractivity contribution in [1.82, 2.24) is 9.97 Å². The molecule has 0 amide bonds. The van der Waals surface area contributed by atoms with Gasteiger partial charge in [0, 0.05) is 6.20 Å². The van der Waals surface area contributed by atoms with Crippen LogP contribution >= 0.6 is 39.1 Å². The molecule has 1 aromatic carbocycles. The van der Waals surface area contributed by atoms with Crippen LogP contribution in [-0.2, 0) is 0 Å². The highest BCUT2D eigenvalue weighted by Gasteiger charge is 2.09. The van der Waals surface area contributed by atoms with E-state index in [1.165, 1.54) is 6.20 Å². The fourth-order valence-corrected chi connectivity index (χ4v) is 1.75. The fourth-order valence-electron chi connectivity index (χ4n) is 1.20. The number of ether oxygens (including phenoxy) is 1. The molecule has 0 atom stereocenters. The molecule has 17 heavy (non-hydrogen) atoms. The van der Waals surface area contributed by atoms with Gasteiger partial charge in [-0.2, -0.15) is 4.98 Å². The van der Waals surface area contributed by atoms with Crippen molar-refractivity contribution in [1.29, 1.82) is 0 Å². The van der Waals surface area contributed by atoms with Crippen molar-refractivity contribution >= 4 is 39.1 Å². The van der Waals surface area contributed by atoms with E-state index in [0.717, 1.165) is 5.56 Å². The van der Waals surface area contributed by atoms with E-state index in [4.69, 9.17) is 27.9 Å². The maximum atomic E-state index is 6.02. The third kappa shape index (κ3) is 3.09. The molecule has 1 heterocycles. The normalized spacial score (nSPS) is 10.4. The van der Waals surface area contributed by atoms with Crippen molar-refractivity contribution in [3.8, 4) is 11.6 Å². The first kappa shape index (κ1) is 12.6. The minimum atomic E-state index is 0.118. The lowest BCUT2D eigenvalue weighted by Crippen LogP contribution is -1.92. The summed E-state index contributed by atoms with van der Waals surface area (Å²) in [6.07, 6.45) is 1.52. The predicted molar refractivity (Wildman–Crippen MR) is 71.0 cm³/mol. The summed E-state index contributed by atoms with van der Waals surface area (Å²) in [5, 5.41) is 0.629. The third-order valence-electron chi connectivity index (χ3n) is 1.98. The zero-order valence-electron chi connectivity index (χ0n) is 8.75. The minimum Gasteiger partial charge on any atom is -0.436 e. The van der Waals surface area contributed by atoms with E-state index >= 15 is 0 Å². The first-order chi connectivity index (χ1) is 8.06. The number of rotatable bonds is 2. The molecule has 0 N–H and O–H groups in total. The second-order valence-electron chi connectivity index (χ2n) is 3.33. The summed E-state index contributed by atoms with van der Waals surface area (Å²) in [6.45, 7) is 1.95. The highest BCUT2D eigenvalue weighted by atomic mass is 79.9. The summed E-state index contributed by atoms with van der Waals surface area (Å²) in [4.78, 5) is 7.78. The monoisotopic (exact) mass is 332 g/mol. The molecule has 3 nitrogen and oxygen atoms in total. The Kier molecular flexibility index (Phi) is 3.86. The standard InChI is InChI=1S/C11H7BrCl2N2O/c1-6-2-3-8(13)9(4-6)17-10-7(12)5-15-11(14)16-10/h2-5H,1H3. The average molecular weight is 334 g/mol. The molecule has 0 aliphatic carbocycles. The zero-order valence-corrected chi connectivity index (χ0v) is 11.8. The second kappa shape index (κ2) is 5.21. The largest absolute Gasteiger partial charge is 0.436 e.